The summed E-state index contributed by atoms with van der Waals surface area (Å²) in [5.41, 5.74) is 1.75. The number of aromatic nitrogens is 2. The lowest BCUT2D eigenvalue weighted by Crippen LogP contribution is -2.31. The van der Waals surface area contributed by atoms with Crippen LogP contribution in [0.5, 0.6) is 0 Å². The number of carbonyl (C=O) groups excluding carboxylic acids is 1. The van der Waals surface area contributed by atoms with E-state index in [1.54, 1.807) is 17.8 Å². The summed E-state index contributed by atoms with van der Waals surface area (Å²) >= 11 is 0. The van der Waals surface area contributed by atoms with Crippen LogP contribution in [0.1, 0.15) is 13.3 Å². The normalized spacial score (nSPS) is 12.2. The number of imidazole rings is 1. The smallest absolute Gasteiger partial charge is 0.303 e. The number of carboxylic acids is 1. The average molecular weight is 275 g/mol. The Labute approximate surface area is 116 Å². The fraction of sp³-hybridized carbons (Fsp3) is 0.357. The lowest BCUT2D eigenvalue weighted by atomic mass is 10.1. The Morgan fingerprint density at radius 3 is 2.90 bits per heavy atom. The molecule has 1 atom stereocenters. The second-order valence-electron chi connectivity index (χ2n) is 4.87. The Hall–Kier alpha value is -2.37. The minimum absolute atomic E-state index is 0.0499. The number of hydrogen-bond acceptors (Lipinski definition) is 3. The molecule has 2 rings (SSSR count). The van der Waals surface area contributed by atoms with E-state index in [2.05, 4.69) is 10.3 Å². The highest BCUT2D eigenvalue weighted by molar-refractivity contribution is 5.80. The molecule has 0 saturated heterocycles. The summed E-state index contributed by atoms with van der Waals surface area (Å²) in [6.07, 6.45) is 1.68. The number of hydrogen-bond donors (Lipinski definition) is 2. The van der Waals surface area contributed by atoms with Crippen molar-refractivity contribution in [2.75, 3.05) is 6.54 Å². The van der Waals surface area contributed by atoms with Crippen molar-refractivity contribution < 1.29 is 14.7 Å². The van der Waals surface area contributed by atoms with Crippen molar-refractivity contribution in [1.29, 1.82) is 0 Å². The molecule has 2 aromatic rings. The molecule has 0 bridgehead atoms. The summed E-state index contributed by atoms with van der Waals surface area (Å²) in [4.78, 5) is 26.6. The zero-order valence-electron chi connectivity index (χ0n) is 11.2. The van der Waals surface area contributed by atoms with Gasteiger partial charge in [0.1, 0.15) is 6.54 Å². The lowest BCUT2D eigenvalue weighted by molar-refractivity contribution is -0.138. The first-order valence-electron chi connectivity index (χ1n) is 6.44. The van der Waals surface area contributed by atoms with Crippen LogP contribution in [-0.4, -0.2) is 33.1 Å². The monoisotopic (exact) mass is 275 g/mol. The van der Waals surface area contributed by atoms with Crippen molar-refractivity contribution in [1.82, 2.24) is 14.9 Å². The summed E-state index contributed by atoms with van der Waals surface area (Å²) in [5.74, 6) is -1.09. The quantitative estimate of drug-likeness (QED) is 0.831. The SMILES string of the molecule is CC(CNC(=O)Cn1cnc2ccccc21)CC(=O)O. The van der Waals surface area contributed by atoms with E-state index < -0.39 is 5.97 Å². The van der Waals surface area contributed by atoms with Crippen LogP contribution in [0.25, 0.3) is 11.0 Å². The fourth-order valence-corrected chi connectivity index (χ4v) is 2.01. The van der Waals surface area contributed by atoms with Gasteiger partial charge in [-0.05, 0) is 18.1 Å². The summed E-state index contributed by atoms with van der Waals surface area (Å²) < 4.78 is 1.77. The van der Waals surface area contributed by atoms with Crippen molar-refractivity contribution in [3.8, 4) is 0 Å². The van der Waals surface area contributed by atoms with E-state index in [1.807, 2.05) is 24.3 Å². The second kappa shape index (κ2) is 6.18. The number of para-hydroxylation sites is 2. The van der Waals surface area contributed by atoms with Gasteiger partial charge in [0.2, 0.25) is 5.91 Å². The molecule has 106 valence electrons. The first-order valence-corrected chi connectivity index (χ1v) is 6.44. The zero-order chi connectivity index (χ0) is 14.5. The van der Waals surface area contributed by atoms with Crippen molar-refractivity contribution in [3.05, 3.63) is 30.6 Å². The molecule has 0 aliphatic carbocycles. The van der Waals surface area contributed by atoms with Gasteiger partial charge in [-0.25, -0.2) is 4.98 Å². The fourth-order valence-electron chi connectivity index (χ4n) is 2.01. The van der Waals surface area contributed by atoms with Crippen LogP contribution in [0.2, 0.25) is 0 Å². The molecule has 1 aromatic carbocycles. The van der Waals surface area contributed by atoms with Crippen LogP contribution in [0.4, 0.5) is 0 Å². The Morgan fingerprint density at radius 2 is 2.15 bits per heavy atom. The molecule has 0 radical (unpaired) electrons. The Kier molecular flexibility index (Phi) is 4.34. The molecule has 20 heavy (non-hydrogen) atoms. The lowest BCUT2D eigenvalue weighted by Gasteiger charge is -2.11. The molecular formula is C14H17N3O3. The van der Waals surface area contributed by atoms with E-state index in [0.29, 0.717) is 6.54 Å². The van der Waals surface area contributed by atoms with Crippen LogP contribution in [-0.2, 0) is 16.1 Å². The molecular weight excluding hydrogens is 258 g/mol. The summed E-state index contributed by atoms with van der Waals surface area (Å²) in [6.45, 7) is 2.33. The van der Waals surface area contributed by atoms with Gasteiger partial charge in [0.05, 0.1) is 17.4 Å². The predicted molar refractivity (Wildman–Crippen MR) is 74.2 cm³/mol. The van der Waals surface area contributed by atoms with Gasteiger partial charge < -0.3 is 15.0 Å². The van der Waals surface area contributed by atoms with Gasteiger partial charge >= 0.3 is 5.97 Å². The van der Waals surface area contributed by atoms with Gasteiger partial charge in [0.15, 0.2) is 0 Å². The summed E-state index contributed by atoms with van der Waals surface area (Å²) in [7, 11) is 0. The number of carbonyl (C=O) groups is 2. The Balaban J connectivity index is 1.90. The maximum Gasteiger partial charge on any atom is 0.303 e. The van der Waals surface area contributed by atoms with Crippen molar-refractivity contribution in [2.45, 2.75) is 19.9 Å². The van der Waals surface area contributed by atoms with E-state index in [0.717, 1.165) is 11.0 Å². The van der Waals surface area contributed by atoms with E-state index >= 15 is 0 Å². The largest absolute Gasteiger partial charge is 0.481 e. The molecule has 2 N–H and O–H groups in total. The molecule has 0 fully saturated rings. The number of rotatable bonds is 6. The van der Waals surface area contributed by atoms with E-state index in [4.69, 9.17) is 5.11 Å². The molecule has 1 heterocycles. The first kappa shape index (κ1) is 14.0. The predicted octanol–water partition coefficient (Wildman–Crippen LogP) is 1.26. The third-order valence-electron chi connectivity index (χ3n) is 3.01. The van der Waals surface area contributed by atoms with Crippen LogP contribution in [0, 0.1) is 5.92 Å². The zero-order valence-corrected chi connectivity index (χ0v) is 11.2. The molecule has 6 nitrogen and oxygen atoms in total. The van der Waals surface area contributed by atoms with E-state index in [-0.39, 0.29) is 24.8 Å². The van der Waals surface area contributed by atoms with Gasteiger partial charge in [-0.1, -0.05) is 19.1 Å². The third kappa shape index (κ3) is 3.57. The molecule has 1 amide bonds. The third-order valence-corrected chi connectivity index (χ3v) is 3.01. The number of nitrogens with zero attached hydrogens (tertiary/aromatic N) is 2. The maximum absolute atomic E-state index is 11.8. The highest BCUT2D eigenvalue weighted by Gasteiger charge is 2.10. The molecule has 1 aromatic heterocycles. The van der Waals surface area contributed by atoms with Crippen LogP contribution >= 0.6 is 0 Å². The average Bonchev–Trinajstić information content (AvgIpc) is 2.79. The standard InChI is InChI=1S/C14H17N3O3/c1-10(6-14(19)20)7-15-13(18)8-17-9-16-11-4-2-3-5-12(11)17/h2-5,9-10H,6-8H2,1H3,(H,15,18)(H,19,20). The minimum atomic E-state index is -0.854. The summed E-state index contributed by atoms with van der Waals surface area (Å²) in [5, 5.41) is 11.4. The number of amides is 1. The molecule has 6 heteroatoms. The van der Waals surface area contributed by atoms with E-state index in [9.17, 15) is 9.59 Å². The Bertz CT molecular complexity index is 621. The van der Waals surface area contributed by atoms with Crippen molar-refractivity contribution >= 4 is 22.9 Å². The second-order valence-corrected chi connectivity index (χ2v) is 4.87. The van der Waals surface area contributed by atoms with Gasteiger partial charge in [-0.2, -0.15) is 0 Å². The number of benzene rings is 1. The molecule has 0 spiro atoms. The highest BCUT2D eigenvalue weighted by atomic mass is 16.4. The van der Waals surface area contributed by atoms with Crippen LogP contribution < -0.4 is 5.32 Å². The van der Waals surface area contributed by atoms with Gasteiger partial charge in [-0.3, -0.25) is 9.59 Å². The molecule has 0 aliphatic heterocycles. The molecule has 0 saturated carbocycles. The van der Waals surface area contributed by atoms with Gasteiger partial charge in [0, 0.05) is 13.0 Å². The van der Waals surface area contributed by atoms with Crippen molar-refractivity contribution in [2.24, 2.45) is 5.92 Å². The Morgan fingerprint density at radius 1 is 1.40 bits per heavy atom. The number of carboxylic acid groups (broad SMARTS) is 1. The molecule has 0 aliphatic rings. The van der Waals surface area contributed by atoms with Crippen LogP contribution in [0.15, 0.2) is 30.6 Å². The number of fused-ring (bicyclic) bond motifs is 1. The van der Waals surface area contributed by atoms with E-state index in [1.165, 1.54) is 0 Å². The first-order chi connectivity index (χ1) is 9.56. The maximum atomic E-state index is 11.8. The van der Waals surface area contributed by atoms with Crippen molar-refractivity contribution in [3.63, 3.8) is 0 Å². The minimum Gasteiger partial charge on any atom is -0.481 e. The molecule has 1 unspecified atom stereocenters. The van der Waals surface area contributed by atoms with Gasteiger partial charge in [0.25, 0.3) is 0 Å². The van der Waals surface area contributed by atoms with Crippen LogP contribution in [0.3, 0.4) is 0 Å². The number of aliphatic carboxylic acids is 1. The topological polar surface area (TPSA) is 84.2 Å². The summed E-state index contributed by atoms with van der Waals surface area (Å²) in [6, 6.07) is 7.59. The van der Waals surface area contributed by atoms with Gasteiger partial charge in [-0.15, -0.1) is 0 Å². The highest BCUT2D eigenvalue weighted by Crippen LogP contribution is 2.11. The number of nitrogens with one attached hydrogen (secondary N) is 1.